The normalized spacial score (nSPS) is 25.6. The maximum absolute atomic E-state index is 6.31. The summed E-state index contributed by atoms with van der Waals surface area (Å²) in [6.07, 6.45) is 3.92. The standard InChI is InChI=1S/C14H18ClN3O/c1-10(15)12-17-11-5-3-7-16-13(11)18(12)14(2)6-4-8-19-9-14/h3,5,7,10H,4,6,8-9H2,1-2H3. The third kappa shape index (κ3) is 2.13. The Morgan fingerprint density at radius 1 is 1.53 bits per heavy atom. The van der Waals surface area contributed by atoms with E-state index in [0.29, 0.717) is 6.61 Å². The summed E-state index contributed by atoms with van der Waals surface area (Å²) in [7, 11) is 0. The predicted molar refractivity (Wildman–Crippen MR) is 75.5 cm³/mol. The molecule has 0 amide bonds. The molecule has 0 radical (unpaired) electrons. The van der Waals surface area contributed by atoms with Crippen molar-refractivity contribution in [1.82, 2.24) is 14.5 Å². The first-order valence-electron chi connectivity index (χ1n) is 6.67. The maximum atomic E-state index is 6.31. The number of nitrogens with zero attached hydrogens (tertiary/aromatic N) is 3. The Balaban J connectivity index is 2.22. The zero-order chi connectivity index (χ0) is 13.5. The fourth-order valence-corrected chi connectivity index (χ4v) is 2.97. The van der Waals surface area contributed by atoms with Gasteiger partial charge in [-0.05, 0) is 38.8 Å². The summed E-state index contributed by atoms with van der Waals surface area (Å²) in [5.74, 6) is 0.878. The van der Waals surface area contributed by atoms with Crippen molar-refractivity contribution in [3.05, 3.63) is 24.2 Å². The molecule has 0 aliphatic carbocycles. The van der Waals surface area contributed by atoms with Crippen LogP contribution in [0.5, 0.6) is 0 Å². The molecular weight excluding hydrogens is 262 g/mol. The van der Waals surface area contributed by atoms with E-state index in [1.807, 2.05) is 19.1 Å². The lowest BCUT2D eigenvalue weighted by Crippen LogP contribution is -2.40. The molecule has 19 heavy (non-hydrogen) atoms. The van der Waals surface area contributed by atoms with Gasteiger partial charge in [-0.15, -0.1) is 11.6 Å². The summed E-state index contributed by atoms with van der Waals surface area (Å²) in [6.45, 7) is 5.67. The van der Waals surface area contributed by atoms with Crippen LogP contribution in [-0.4, -0.2) is 27.7 Å². The van der Waals surface area contributed by atoms with Gasteiger partial charge in [0.05, 0.1) is 17.5 Å². The Bertz CT molecular complexity index is 587. The van der Waals surface area contributed by atoms with E-state index in [4.69, 9.17) is 16.3 Å². The van der Waals surface area contributed by atoms with E-state index in [1.54, 1.807) is 6.20 Å². The van der Waals surface area contributed by atoms with E-state index in [-0.39, 0.29) is 10.9 Å². The molecule has 0 aromatic carbocycles. The van der Waals surface area contributed by atoms with Crippen molar-refractivity contribution in [3.63, 3.8) is 0 Å². The highest BCUT2D eigenvalue weighted by molar-refractivity contribution is 6.20. The minimum atomic E-state index is -0.145. The summed E-state index contributed by atoms with van der Waals surface area (Å²) in [4.78, 5) is 9.14. The van der Waals surface area contributed by atoms with E-state index in [1.165, 1.54) is 0 Å². The molecule has 2 unspecified atom stereocenters. The molecule has 5 heteroatoms. The number of fused-ring (bicyclic) bond motifs is 1. The van der Waals surface area contributed by atoms with E-state index >= 15 is 0 Å². The Morgan fingerprint density at radius 3 is 3.05 bits per heavy atom. The van der Waals surface area contributed by atoms with Gasteiger partial charge >= 0.3 is 0 Å². The Morgan fingerprint density at radius 2 is 2.37 bits per heavy atom. The first-order valence-corrected chi connectivity index (χ1v) is 7.11. The molecule has 1 aliphatic heterocycles. The summed E-state index contributed by atoms with van der Waals surface area (Å²) in [5, 5.41) is -0.145. The molecule has 0 N–H and O–H groups in total. The number of imidazole rings is 1. The fraction of sp³-hybridized carbons (Fsp3) is 0.571. The second-order valence-electron chi connectivity index (χ2n) is 5.42. The van der Waals surface area contributed by atoms with Crippen LogP contribution in [0.15, 0.2) is 18.3 Å². The second kappa shape index (κ2) is 4.76. The first kappa shape index (κ1) is 12.9. The number of pyridine rings is 1. The van der Waals surface area contributed by atoms with Gasteiger partial charge in [0.2, 0.25) is 0 Å². The number of rotatable bonds is 2. The smallest absolute Gasteiger partial charge is 0.160 e. The Kier molecular flexibility index (Phi) is 3.23. The van der Waals surface area contributed by atoms with Gasteiger partial charge in [-0.1, -0.05) is 0 Å². The van der Waals surface area contributed by atoms with Gasteiger partial charge < -0.3 is 9.30 Å². The molecule has 2 aromatic heterocycles. The van der Waals surface area contributed by atoms with Gasteiger partial charge in [-0.25, -0.2) is 9.97 Å². The monoisotopic (exact) mass is 279 g/mol. The van der Waals surface area contributed by atoms with Crippen LogP contribution in [0, 0.1) is 0 Å². The lowest BCUT2D eigenvalue weighted by Gasteiger charge is -2.36. The van der Waals surface area contributed by atoms with Crippen LogP contribution in [0.3, 0.4) is 0 Å². The lowest BCUT2D eigenvalue weighted by molar-refractivity contribution is 0.00988. The maximum Gasteiger partial charge on any atom is 0.160 e. The first-order chi connectivity index (χ1) is 9.12. The molecular formula is C14H18ClN3O. The van der Waals surface area contributed by atoms with Crippen LogP contribution in [0.1, 0.15) is 37.9 Å². The van der Waals surface area contributed by atoms with Crippen LogP contribution < -0.4 is 0 Å². The van der Waals surface area contributed by atoms with E-state index < -0.39 is 0 Å². The quantitative estimate of drug-likeness (QED) is 0.792. The van der Waals surface area contributed by atoms with E-state index in [9.17, 15) is 0 Å². The predicted octanol–water partition coefficient (Wildman–Crippen LogP) is 3.26. The van der Waals surface area contributed by atoms with Gasteiger partial charge in [0.15, 0.2) is 5.65 Å². The zero-order valence-electron chi connectivity index (χ0n) is 11.3. The fourth-order valence-electron chi connectivity index (χ4n) is 2.82. The molecule has 102 valence electrons. The third-order valence-electron chi connectivity index (χ3n) is 3.75. The Hall–Kier alpha value is -1.13. The van der Waals surface area contributed by atoms with Gasteiger partial charge in [0, 0.05) is 12.8 Å². The molecule has 2 atom stereocenters. The van der Waals surface area contributed by atoms with Crippen molar-refractivity contribution >= 4 is 22.8 Å². The van der Waals surface area contributed by atoms with Gasteiger partial charge in [0.1, 0.15) is 11.3 Å². The second-order valence-corrected chi connectivity index (χ2v) is 6.08. The van der Waals surface area contributed by atoms with Gasteiger partial charge in [-0.2, -0.15) is 0 Å². The molecule has 4 nitrogen and oxygen atoms in total. The summed E-state index contributed by atoms with van der Waals surface area (Å²) >= 11 is 6.31. The average molecular weight is 280 g/mol. The number of hydrogen-bond donors (Lipinski definition) is 0. The van der Waals surface area contributed by atoms with Crippen LogP contribution in [0.4, 0.5) is 0 Å². The molecule has 3 rings (SSSR count). The summed E-state index contributed by atoms with van der Waals surface area (Å²) in [6, 6.07) is 3.89. The van der Waals surface area contributed by atoms with Crippen LogP contribution >= 0.6 is 11.6 Å². The van der Waals surface area contributed by atoms with Crippen molar-refractivity contribution in [2.45, 2.75) is 37.6 Å². The van der Waals surface area contributed by atoms with Crippen molar-refractivity contribution in [2.24, 2.45) is 0 Å². The highest BCUT2D eigenvalue weighted by atomic mass is 35.5. The van der Waals surface area contributed by atoms with Crippen molar-refractivity contribution in [3.8, 4) is 0 Å². The molecule has 0 bridgehead atoms. The Labute approximate surface area is 117 Å². The minimum Gasteiger partial charge on any atom is -0.379 e. The van der Waals surface area contributed by atoms with Crippen molar-refractivity contribution in [1.29, 1.82) is 0 Å². The topological polar surface area (TPSA) is 39.9 Å². The molecule has 0 saturated carbocycles. The summed E-state index contributed by atoms with van der Waals surface area (Å²) in [5.41, 5.74) is 1.69. The molecule has 1 fully saturated rings. The lowest BCUT2D eigenvalue weighted by atomic mass is 9.94. The van der Waals surface area contributed by atoms with Gasteiger partial charge in [-0.3, -0.25) is 0 Å². The number of aromatic nitrogens is 3. The number of halogens is 1. The number of alkyl halides is 1. The number of hydrogen-bond acceptors (Lipinski definition) is 3. The zero-order valence-corrected chi connectivity index (χ0v) is 12.0. The average Bonchev–Trinajstić information content (AvgIpc) is 2.79. The molecule has 1 aliphatic rings. The highest BCUT2D eigenvalue weighted by Crippen LogP contribution is 2.34. The van der Waals surface area contributed by atoms with Gasteiger partial charge in [0.25, 0.3) is 0 Å². The van der Waals surface area contributed by atoms with E-state index in [2.05, 4.69) is 21.5 Å². The van der Waals surface area contributed by atoms with E-state index in [0.717, 1.165) is 36.4 Å². The molecule has 1 saturated heterocycles. The SMILES string of the molecule is CC(Cl)c1nc2cccnc2n1C1(C)CCCOC1. The summed E-state index contributed by atoms with van der Waals surface area (Å²) < 4.78 is 7.85. The van der Waals surface area contributed by atoms with Crippen LogP contribution in [-0.2, 0) is 10.3 Å². The van der Waals surface area contributed by atoms with Crippen molar-refractivity contribution in [2.75, 3.05) is 13.2 Å². The third-order valence-corrected chi connectivity index (χ3v) is 3.95. The number of ether oxygens (including phenoxy) is 1. The highest BCUT2D eigenvalue weighted by Gasteiger charge is 2.34. The largest absolute Gasteiger partial charge is 0.379 e. The molecule has 2 aromatic rings. The van der Waals surface area contributed by atoms with Crippen molar-refractivity contribution < 1.29 is 4.74 Å². The van der Waals surface area contributed by atoms with Crippen LogP contribution in [0.2, 0.25) is 0 Å². The molecule has 3 heterocycles. The minimum absolute atomic E-state index is 0.111. The molecule has 0 spiro atoms. The van der Waals surface area contributed by atoms with Crippen LogP contribution in [0.25, 0.3) is 11.2 Å².